The summed E-state index contributed by atoms with van der Waals surface area (Å²) in [6, 6.07) is 0. The molecule has 0 bridgehead atoms. The van der Waals surface area contributed by atoms with Crippen molar-refractivity contribution in [3.05, 3.63) is 0 Å². The first-order valence-electron chi connectivity index (χ1n) is 5.26. The number of rotatable bonds is 6. The van der Waals surface area contributed by atoms with Crippen molar-refractivity contribution >= 4 is 16.3 Å². The second kappa shape index (κ2) is 6.18. The Hall–Kier alpha value is -0.860. The van der Waals surface area contributed by atoms with Gasteiger partial charge in [-0.25, -0.2) is 9.52 Å². The lowest BCUT2D eigenvalue weighted by atomic mass is 9.95. The lowest BCUT2D eigenvalue weighted by Gasteiger charge is -2.22. The second-order valence-corrected chi connectivity index (χ2v) is 6.25. The zero-order valence-corrected chi connectivity index (χ0v) is 11.4. The number of carbonyl (C=O) groups excluding carboxylic acids is 1. The molecule has 0 heterocycles. The molecule has 0 atom stereocenters. The fourth-order valence-electron chi connectivity index (χ4n) is 0.746. The minimum Gasteiger partial charge on any atom is -0.446 e. The molecule has 4 N–H and O–H groups in total. The van der Waals surface area contributed by atoms with Crippen LogP contribution in [0.2, 0.25) is 0 Å². The number of amides is 1. The Labute approximate surface area is 102 Å². The van der Waals surface area contributed by atoms with E-state index in [0.29, 0.717) is 6.54 Å². The first kappa shape index (κ1) is 16.1. The number of nitrogens with two attached hydrogens (primary N) is 1. The van der Waals surface area contributed by atoms with E-state index < -0.39 is 16.3 Å². The summed E-state index contributed by atoms with van der Waals surface area (Å²) >= 11 is 0. The molecular weight excluding hydrogens is 246 g/mol. The van der Waals surface area contributed by atoms with E-state index in [1.807, 2.05) is 13.8 Å². The first-order valence-corrected chi connectivity index (χ1v) is 6.74. The fraction of sp³-hybridized carbons (Fsp3) is 0.889. The Bertz CT molecular complexity index is 351. The van der Waals surface area contributed by atoms with Gasteiger partial charge >= 0.3 is 16.3 Å². The van der Waals surface area contributed by atoms with Crippen LogP contribution in [0.15, 0.2) is 0 Å². The molecule has 0 fully saturated rings. The molecule has 0 saturated carbocycles. The molecular formula is C9H21N3O4S. The number of nitrogens with one attached hydrogen (secondary N) is 2. The fourth-order valence-corrected chi connectivity index (χ4v) is 1.67. The molecule has 0 unspecified atom stereocenters. The predicted octanol–water partition coefficient (Wildman–Crippen LogP) is -0.0597. The van der Waals surface area contributed by atoms with E-state index in [-0.39, 0.29) is 18.1 Å². The van der Waals surface area contributed by atoms with Gasteiger partial charge in [0.15, 0.2) is 0 Å². The minimum atomic E-state index is -3.90. The molecule has 0 saturated heterocycles. The largest absolute Gasteiger partial charge is 0.446 e. The molecule has 0 rings (SSSR count). The summed E-state index contributed by atoms with van der Waals surface area (Å²) in [5.41, 5.74) is 5.08. The van der Waals surface area contributed by atoms with Gasteiger partial charge in [0.2, 0.25) is 0 Å². The van der Waals surface area contributed by atoms with Crippen molar-refractivity contribution in [3.8, 4) is 0 Å². The summed E-state index contributed by atoms with van der Waals surface area (Å²) < 4.78 is 31.5. The van der Waals surface area contributed by atoms with Gasteiger partial charge < -0.3 is 10.5 Å². The lowest BCUT2D eigenvalue weighted by molar-refractivity contribution is 0.121. The summed E-state index contributed by atoms with van der Waals surface area (Å²) in [6.07, 6.45) is -1.39. The van der Waals surface area contributed by atoms with Crippen LogP contribution in [0, 0.1) is 5.41 Å². The second-order valence-electron chi connectivity index (χ2n) is 4.75. The van der Waals surface area contributed by atoms with E-state index in [2.05, 4.69) is 9.46 Å². The molecule has 0 radical (unpaired) electrons. The van der Waals surface area contributed by atoms with E-state index in [9.17, 15) is 13.2 Å². The molecule has 0 aromatic rings. The zero-order chi connectivity index (χ0) is 13.7. The van der Waals surface area contributed by atoms with Gasteiger partial charge in [-0.2, -0.15) is 13.1 Å². The lowest BCUT2D eigenvalue weighted by Crippen LogP contribution is -2.46. The maximum absolute atomic E-state index is 11.4. The Morgan fingerprint density at radius 2 is 1.94 bits per heavy atom. The number of carbonyl (C=O) groups is 1. The van der Waals surface area contributed by atoms with Gasteiger partial charge in [-0.15, -0.1) is 0 Å². The SMILES string of the molecule is CC(C)OC(=O)NS(=O)(=O)NCC(C)(C)CN. The highest BCUT2D eigenvalue weighted by Crippen LogP contribution is 2.10. The Kier molecular flexibility index (Phi) is 5.86. The Balaban J connectivity index is 4.27. The predicted molar refractivity (Wildman–Crippen MR) is 64.5 cm³/mol. The molecule has 8 heteroatoms. The van der Waals surface area contributed by atoms with Crippen LogP contribution >= 0.6 is 0 Å². The maximum Gasteiger partial charge on any atom is 0.422 e. The smallest absolute Gasteiger partial charge is 0.422 e. The van der Waals surface area contributed by atoms with Crippen LogP contribution in [0.4, 0.5) is 4.79 Å². The summed E-state index contributed by atoms with van der Waals surface area (Å²) in [5.74, 6) is 0. The molecule has 0 aliphatic heterocycles. The third-order valence-electron chi connectivity index (χ3n) is 1.85. The molecule has 1 amide bonds. The van der Waals surface area contributed by atoms with Gasteiger partial charge in [0, 0.05) is 6.54 Å². The molecule has 0 aliphatic carbocycles. The third kappa shape index (κ3) is 7.94. The van der Waals surface area contributed by atoms with E-state index in [1.54, 1.807) is 18.6 Å². The van der Waals surface area contributed by atoms with E-state index in [0.717, 1.165) is 0 Å². The third-order valence-corrected chi connectivity index (χ3v) is 2.81. The van der Waals surface area contributed by atoms with Gasteiger partial charge in [-0.05, 0) is 25.8 Å². The van der Waals surface area contributed by atoms with Crippen LogP contribution < -0.4 is 15.2 Å². The number of hydrogen-bond donors (Lipinski definition) is 3. The van der Waals surface area contributed by atoms with E-state index in [4.69, 9.17) is 5.73 Å². The highest BCUT2D eigenvalue weighted by Gasteiger charge is 2.21. The molecule has 0 aromatic heterocycles. The average Bonchev–Trinajstić information content (AvgIpc) is 2.13. The van der Waals surface area contributed by atoms with E-state index in [1.165, 1.54) is 0 Å². The summed E-state index contributed by atoms with van der Waals surface area (Å²) in [4.78, 5) is 11.1. The Morgan fingerprint density at radius 3 is 2.35 bits per heavy atom. The molecule has 0 spiro atoms. The molecule has 7 nitrogen and oxygen atoms in total. The zero-order valence-electron chi connectivity index (χ0n) is 10.6. The standard InChI is InChI=1S/C9H21N3O4S/c1-7(2)16-8(13)12-17(14,15)11-6-9(3,4)5-10/h7,11H,5-6,10H2,1-4H3,(H,12,13). The van der Waals surface area contributed by atoms with Crippen LogP contribution in [0.3, 0.4) is 0 Å². The van der Waals surface area contributed by atoms with Crippen LogP contribution in [0.25, 0.3) is 0 Å². The summed E-state index contributed by atoms with van der Waals surface area (Å²) in [5, 5.41) is 0. The summed E-state index contributed by atoms with van der Waals surface area (Å²) in [7, 11) is -3.90. The first-order chi connectivity index (χ1) is 7.58. The molecule has 17 heavy (non-hydrogen) atoms. The van der Waals surface area contributed by atoms with E-state index >= 15 is 0 Å². The Morgan fingerprint density at radius 1 is 1.41 bits per heavy atom. The quantitative estimate of drug-likeness (QED) is 0.624. The molecule has 0 aliphatic rings. The summed E-state index contributed by atoms with van der Waals surface area (Å²) in [6.45, 7) is 7.32. The van der Waals surface area contributed by atoms with Crippen LogP contribution in [0.1, 0.15) is 27.7 Å². The van der Waals surface area contributed by atoms with Crippen molar-refractivity contribution in [2.45, 2.75) is 33.8 Å². The van der Waals surface area contributed by atoms with Crippen molar-refractivity contribution in [3.63, 3.8) is 0 Å². The van der Waals surface area contributed by atoms with Crippen LogP contribution in [-0.4, -0.2) is 33.7 Å². The highest BCUT2D eigenvalue weighted by molar-refractivity contribution is 7.88. The van der Waals surface area contributed by atoms with Crippen LogP contribution in [0.5, 0.6) is 0 Å². The van der Waals surface area contributed by atoms with Gasteiger partial charge in [0.1, 0.15) is 0 Å². The van der Waals surface area contributed by atoms with Crippen LogP contribution in [-0.2, 0) is 14.9 Å². The van der Waals surface area contributed by atoms with Gasteiger partial charge in [0.05, 0.1) is 6.10 Å². The number of hydrogen-bond acceptors (Lipinski definition) is 5. The van der Waals surface area contributed by atoms with Gasteiger partial charge in [0.25, 0.3) is 0 Å². The highest BCUT2D eigenvalue weighted by atomic mass is 32.2. The normalized spacial score (nSPS) is 12.6. The number of ether oxygens (including phenoxy) is 1. The van der Waals surface area contributed by atoms with Crippen molar-refractivity contribution in [1.29, 1.82) is 0 Å². The molecule has 102 valence electrons. The van der Waals surface area contributed by atoms with Crippen molar-refractivity contribution in [1.82, 2.24) is 9.44 Å². The topological polar surface area (TPSA) is 111 Å². The van der Waals surface area contributed by atoms with Crippen molar-refractivity contribution in [2.24, 2.45) is 11.1 Å². The monoisotopic (exact) mass is 267 g/mol. The van der Waals surface area contributed by atoms with Gasteiger partial charge in [-0.3, -0.25) is 0 Å². The average molecular weight is 267 g/mol. The maximum atomic E-state index is 11.4. The van der Waals surface area contributed by atoms with Crippen molar-refractivity contribution < 1.29 is 17.9 Å². The minimum absolute atomic E-state index is 0.133. The van der Waals surface area contributed by atoms with Gasteiger partial charge in [-0.1, -0.05) is 13.8 Å². The molecule has 0 aromatic carbocycles. The van der Waals surface area contributed by atoms with Crippen molar-refractivity contribution in [2.75, 3.05) is 13.1 Å².